The number of carbonyl (C=O) groups is 1. The molecule has 0 bridgehead atoms. The van der Waals surface area contributed by atoms with Crippen molar-refractivity contribution in [3.05, 3.63) is 59.7 Å². The first-order chi connectivity index (χ1) is 11.4. The van der Waals surface area contributed by atoms with E-state index in [-0.39, 0.29) is 18.9 Å². The number of rotatable bonds is 5. The second-order valence-electron chi connectivity index (χ2n) is 4.81. The van der Waals surface area contributed by atoms with Gasteiger partial charge in [0.05, 0.1) is 6.61 Å². The van der Waals surface area contributed by atoms with Gasteiger partial charge in [-0.15, -0.1) is 13.2 Å². The SMILES string of the molecule is O=C(NCc1ccccc1CO)Nc1ccc(OC(F)(F)F)cc1. The van der Waals surface area contributed by atoms with Gasteiger partial charge >= 0.3 is 12.4 Å². The molecule has 2 amide bonds. The molecule has 0 aliphatic heterocycles. The fraction of sp³-hybridized carbons (Fsp3) is 0.188. The number of alkyl halides is 3. The van der Waals surface area contributed by atoms with Crippen molar-refractivity contribution in [1.82, 2.24) is 5.32 Å². The lowest BCUT2D eigenvalue weighted by molar-refractivity contribution is -0.274. The molecule has 0 heterocycles. The maximum absolute atomic E-state index is 12.1. The molecule has 3 N–H and O–H groups in total. The summed E-state index contributed by atoms with van der Waals surface area (Å²) in [6, 6.07) is 11.3. The number of hydrogen-bond donors (Lipinski definition) is 3. The molecule has 0 saturated carbocycles. The van der Waals surface area contributed by atoms with E-state index in [0.29, 0.717) is 11.3 Å². The highest BCUT2D eigenvalue weighted by atomic mass is 19.4. The second kappa shape index (κ2) is 7.69. The van der Waals surface area contributed by atoms with Gasteiger partial charge in [-0.05, 0) is 35.4 Å². The minimum Gasteiger partial charge on any atom is -0.406 e. The summed E-state index contributed by atoms with van der Waals surface area (Å²) < 4.78 is 39.9. The molecular formula is C16H15F3N2O3. The average Bonchev–Trinajstić information content (AvgIpc) is 2.53. The molecule has 8 heteroatoms. The highest BCUT2D eigenvalue weighted by Gasteiger charge is 2.30. The van der Waals surface area contributed by atoms with Crippen LogP contribution in [0.1, 0.15) is 11.1 Å². The molecule has 2 aromatic rings. The van der Waals surface area contributed by atoms with Gasteiger partial charge in [0, 0.05) is 12.2 Å². The van der Waals surface area contributed by atoms with Gasteiger partial charge in [-0.3, -0.25) is 0 Å². The number of anilines is 1. The lowest BCUT2D eigenvalue weighted by Gasteiger charge is -2.11. The van der Waals surface area contributed by atoms with Crippen molar-refractivity contribution < 1.29 is 27.8 Å². The number of nitrogens with one attached hydrogen (secondary N) is 2. The third-order valence-corrected chi connectivity index (χ3v) is 3.07. The summed E-state index contributed by atoms with van der Waals surface area (Å²) >= 11 is 0. The monoisotopic (exact) mass is 340 g/mol. The van der Waals surface area contributed by atoms with Gasteiger partial charge in [0.2, 0.25) is 0 Å². The fourth-order valence-corrected chi connectivity index (χ4v) is 1.97. The Balaban J connectivity index is 1.88. The van der Waals surface area contributed by atoms with Crippen LogP contribution in [0.5, 0.6) is 5.75 Å². The minimum atomic E-state index is -4.76. The van der Waals surface area contributed by atoms with E-state index in [1.165, 1.54) is 12.1 Å². The van der Waals surface area contributed by atoms with Crippen LogP contribution in [0.2, 0.25) is 0 Å². The zero-order valence-corrected chi connectivity index (χ0v) is 12.4. The molecule has 0 aliphatic carbocycles. The summed E-state index contributed by atoms with van der Waals surface area (Å²) in [4.78, 5) is 11.8. The Hall–Kier alpha value is -2.74. The third kappa shape index (κ3) is 5.47. The molecule has 0 aromatic heterocycles. The lowest BCUT2D eigenvalue weighted by Crippen LogP contribution is -2.28. The van der Waals surface area contributed by atoms with Gasteiger partial charge in [-0.25, -0.2) is 4.79 Å². The molecule has 2 aromatic carbocycles. The summed E-state index contributed by atoms with van der Waals surface area (Å²) in [5, 5.41) is 14.3. The summed E-state index contributed by atoms with van der Waals surface area (Å²) in [5.74, 6) is -0.370. The van der Waals surface area contributed by atoms with E-state index in [2.05, 4.69) is 15.4 Å². The molecule has 5 nitrogen and oxygen atoms in total. The Morgan fingerprint density at radius 2 is 1.67 bits per heavy atom. The number of halogens is 3. The maximum Gasteiger partial charge on any atom is 0.573 e. The minimum absolute atomic E-state index is 0.139. The normalized spacial score (nSPS) is 11.0. The predicted molar refractivity (Wildman–Crippen MR) is 81.3 cm³/mol. The molecule has 24 heavy (non-hydrogen) atoms. The number of carbonyl (C=O) groups excluding carboxylic acids is 1. The van der Waals surface area contributed by atoms with E-state index < -0.39 is 12.4 Å². The quantitative estimate of drug-likeness (QED) is 0.781. The lowest BCUT2D eigenvalue weighted by atomic mass is 10.1. The van der Waals surface area contributed by atoms with Crippen LogP contribution < -0.4 is 15.4 Å². The molecule has 2 rings (SSSR count). The molecule has 0 spiro atoms. The Bertz CT molecular complexity index is 688. The zero-order valence-electron chi connectivity index (χ0n) is 12.4. The van der Waals surface area contributed by atoms with Gasteiger partial charge in [0.15, 0.2) is 0 Å². The van der Waals surface area contributed by atoms with Crippen molar-refractivity contribution in [1.29, 1.82) is 0 Å². The topological polar surface area (TPSA) is 70.6 Å². The second-order valence-corrected chi connectivity index (χ2v) is 4.81. The van der Waals surface area contributed by atoms with Crippen molar-refractivity contribution in [3.63, 3.8) is 0 Å². The summed E-state index contributed by atoms with van der Waals surface area (Å²) in [5.41, 5.74) is 1.79. The Morgan fingerprint density at radius 1 is 1.04 bits per heavy atom. The van der Waals surface area contributed by atoms with Crippen molar-refractivity contribution in [2.24, 2.45) is 0 Å². The molecular weight excluding hydrogens is 325 g/mol. The largest absolute Gasteiger partial charge is 0.573 e. The van der Waals surface area contributed by atoms with Crippen molar-refractivity contribution in [2.45, 2.75) is 19.5 Å². The molecule has 0 aliphatic rings. The fourth-order valence-electron chi connectivity index (χ4n) is 1.97. The third-order valence-electron chi connectivity index (χ3n) is 3.07. The molecule has 0 atom stereocenters. The van der Waals surface area contributed by atoms with Crippen LogP contribution in [0, 0.1) is 0 Å². The Morgan fingerprint density at radius 3 is 2.25 bits per heavy atom. The van der Waals surface area contributed by atoms with Gasteiger partial charge < -0.3 is 20.5 Å². The number of amides is 2. The van der Waals surface area contributed by atoms with Crippen LogP contribution in [0.4, 0.5) is 23.7 Å². The smallest absolute Gasteiger partial charge is 0.406 e. The molecule has 128 valence electrons. The zero-order chi connectivity index (χ0) is 17.6. The van der Waals surface area contributed by atoms with Gasteiger partial charge in [0.25, 0.3) is 0 Å². The van der Waals surface area contributed by atoms with Crippen molar-refractivity contribution >= 4 is 11.7 Å². The van der Waals surface area contributed by atoms with Crippen LogP contribution in [-0.4, -0.2) is 17.5 Å². The number of aliphatic hydroxyl groups excluding tert-OH is 1. The van der Waals surface area contributed by atoms with Gasteiger partial charge in [-0.2, -0.15) is 0 Å². The van der Waals surface area contributed by atoms with Crippen molar-refractivity contribution in [2.75, 3.05) is 5.32 Å². The Labute approximate surface area is 136 Å². The molecule has 0 unspecified atom stereocenters. The van der Waals surface area contributed by atoms with E-state index in [0.717, 1.165) is 17.7 Å². The highest BCUT2D eigenvalue weighted by molar-refractivity contribution is 5.89. The molecule has 0 saturated heterocycles. The number of benzene rings is 2. The van der Waals surface area contributed by atoms with Crippen LogP contribution in [0.25, 0.3) is 0 Å². The molecule has 0 radical (unpaired) electrons. The number of ether oxygens (including phenoxy) is 1. The number of hydrogen-bond acceptors (Lipinski definition) is 3. The van der Waals surface area contributed by atoms with Crippen LogP contribution in [-0.2, 0) is 13.2 Å². The van der Waals surface area contributed by atoms with E-state index in [9.17, 15) is 23.1 Å². The van der Waals surface area contributed by atoms with Crippen molar-refractivity contribution in [3.8, 4) is 5.75 Å². The first-order valence-corrected chi connectivity index (χ1v) is 6.95. The summed E-state index contributed by atoms with van der Waals surface area (Å²) in [6.07, 6.45) is -4.76. The summed E-state index contributed by atoms with van der Waals surface area (Å²) in [7, 11) is 0. The van der Waals surface area contributed by atoms with Crippen LogP contribution >= 0.6 is 0 Å². The first-order valence-electron chi connectivity index (χ1n) is 6.95. The van der Waals surface area contributed by atoms with Crippen LogP contribution in [0.15, 0.2) is 48.5 Å². The highest BCUT2D eigenvalue weighted by Crippen LogP contribution is 2.23. The van der Waals surface area contributed by atoms with E-state index in [4.69, 9.17) is 0 Å². The average molecular weight is 340 g/mol. The van der Waals surface area contributed by atoms with Gasteiger partial charge in [0.1, 0.15) is 5.75 Å². The maximum atomic E-state index is 12.1. The number of aliphatic hydroxyl groups is 1. The van der Waals surface area contributed by atoms with E-state index >= 15 is 0 Å². The predicted octanol–water partition coefficient (Wildman–Crippen LogP) is 3.40. The summed E-state index contributed by atoms with van der Waals surface area (Å²) in [6.45, 7) is 0.0674. The Kier molecular flexibility index (Phi) is 5.64. The van der Waals surface area contributed by atoms with E-state index in [1.807, 2.05) is 0 Å². The first kappa shape index (κ1) is 17.6. The standard InChI is InChI=1S/C16H15F3N2O3/c17-16(18,19)24-14-7-5-13(6-8-14)21-15(23)20-9-11-3-1-2-4-12(11)10-22/h1-8,22H,9-10H2,(H2,20,21,23). The van der Waals surface area contributed by atoms with Crippen LogP contribution in [0.3, 0.4) is 0 Å². The number of urea groups is 1. The van der Waals surface area contributed by atoms with E-state index in [1.54, 1.807) is 24.3 Å². The molecule has 0 fully saturated rings. The van der Waals surface area contributed by atoms with Gasteiger partial charge in [-0.1, -0.05) is 24.3 Å².